The molecule has 0 aromatic heterocycles. The predicted molar refractivity (Wildman–Crippen MR) is 119 cm³/mol. The zero-order valence-electron chi connectivity index (χ0n) is 19.6. The van der Waals surface area contributed by atoms with E-state index in [0.717, 1.165) is 11.1 Å². The number of hydrogen-bond acceptors (Lipinski definition) is 8. The molecule has 0 N–H and O–H groups in total. The van der Waals surface area contributed by atoms with Crippen LogP contribution >= 0.6 is 0 Å². The Kier molecular flexibility index (Phi) is 19.5. The third-order valence-corrected chi connectivity index (χ3v) is 8.45. The van der Waals surface area contributed by atoms with Gasteiger partial charge < -0.3 is 36.0 Å². The van der Waals surface area contributed by atoms with Crippen molar-refractivity contribution in [2.75, 3.05) is 66.8 Å². The third-order valence-electron chi connectivity index (χ3n) is 3.28. The molecule has 174 valence electrons. The van der Waals surface area contributed by atoms with Gasteiger partial charge in [-0.2, -0.15) is 0 Å². The van der Waals surface area contributed by atoms with E-state index in [1.807, 2.05) is 34.6 Å². The van der Waals surface area contributed by atoms with Gasteiger partial charge in [0.2, 0.25) is 0 Å². The first-order chi connectivity index (χ1) is 13.7. The summed E-state index contributed by atoms with van der Waals surface area (Å²) in [5, 5.41) is 0. The Morgan fingerprint density at radius 1 is 0.621 bits per heavy atom. The van der Waals surface area contributed by atoms with Crippen molar-refractivity contribution in [3.63, 3.8) is 0 Å². The molecule has 0 aliphatic carbocycles. The van der Waals surface area contributed by atoms with Crippen molar-refractivity contribution < 1.29 is 36.0 Å². The standard InChI is InChI=1S/C11H24O4Si.C8H18O4Si/c1-6-13-16(14-7-2,15-8-3)10-12-9-11(4)5;1-8(2)6-12-7-13(9-3,10-4)11-5/h4,6-10H2,1-3,5H3;1,6-7H2,2-5H3. The van der Waals surface area contributed by atoms with E-state index in [0.29, 0.717) is 45.5 Å². The number of rotatable bonds is 17. The SMILES string of the molecule is C=C(C)COC[Si](OC)(OC)OC.C=C(C)COC[Si](OCC)(OCC)OCC. The molecule has 0 unspecified atom stereocenters. The first kappa shape index (κ1) is 30.8. The summed E-state index contributed by atoms with van der Waals surface area (Å²) in [6, 6.07) is 0. The molecule has 8 nitrogen and oxygen atoms in total. The molecule has 0 fully saturated rings. The van der Waals surface area contributed by atoms with Gasteiger partial charge in [0, 0.05) is 41.2 Å². The van der Waals surface area contributed by atoms with Crippen LogP contribution in [0.1, 0.15) is 34.6 Å². The highest BCUT2D eigenvalue weighted by Crippen LogP contribution is 2.11. The maximum atomic E-state index is 5.63. The lowest BCUT2D eigenvalue weighted by atomic mass is 10.4. The largest absolute Gasteiger partial charge is 0.528 e. The molecular formula is C19H42O8Si2. The molecule has 0 saturated heterocycles. The predicted octanol–water partition coefficient (Wildman–Crippen LogP) is 3.16. The lowest BCUT2D eigenvalue weighted by Gasteiger charge is -2.28. The highest BCUT2D eigenvalue weighted by molar-refractivity contribution is 6.60. The summed E-state index contributed by atoms with van der Waals surface area (Å²) in [7, 11) is -0.497. The van der Waals surface area contributed by atoms with Crippen LogP contribution < -0.4 is 0 Å². The Hall–Kier alpha value is -0.406. The van der Waals surface area contributed by atoms with Crippen LogP contribution in [-0.2, 0) is 36.0 Å². The van der Waals surface area contributed by atoms with Crippen molar-refractivity contribution in [3.05, 3.63) is 24.3 Å². The van der Waals surface area contributed by atoms with Gasteiger partial charge in [-0.3, -0.25) is 0 Å². The second-order valence-corrected chi connectivity index (χ2v) is 11.6. The Morgan fingerprint density at radius 3 is 1.17 bits per heavy atom. The van der Waals surface area contributed by atoms with Crippen molar-refractivity contribution in [1.29, 1.82) is 0 Å². The van der Waals surface area contributed by atoms with Crippen LogP contribution in [0.4, 0.5) is 0 Å². The highest BCUT2D eigenvalue weighted by atomic mass is 28.4. The van der Waals surface area contributed by atoms with Gasteiger partial charge in [-0.1, -0.05) is 24.3 Å². The monoisotopic (exact) mass is 454 g/mol. The second kappa shape index (κ2) is 18.4. The average molecular weight is 455 g/mol. The molecule has 0 spiro atoms. The van der Waals surface area contributed by atoms with Gasteiger partial charge in [0.05, 0.1) is 13.2 Å². The van der Waals surface area contributed by atoms with Crippen LogP contribution in [0.2, 0.25) is 0 Å². The molecule has 0 aliphatic heterocycles. The second-order valence-electron chi connectivity index (χ2n) is 6.18. The minimum absolute atomic E-state index is 0.351. The van der Waals surface area contributed by atoms with Gasteiger partial charge in [0.25, 0.3) is 0 Å². The minimum atomic E-state index is -2.63. The molecule has 0 saturated carbocycles. The van der Waals surface area contributed by atoms with E-state index in [1.165, 1.54) is 0 Å². The molecule has 0 radical (unpaired) electrons. The van der Waals surface area contributed by atoms with Crippen molar-refractivity contribution in [1.82, 2.24) is 0 Å². The van der Waals surface area contributed by atoms with Gasteiger partial charge in [-0.25, -0.2) is 0 Å². The molecular weight excluding hydrogens is 412 g/mol. The van der Waals surface area contributed by atoms with E-state index < -0.39 is 17.6 Å². The fraction of sp³-hybridized carbons (Fsp3) is 0.789. The van der Waals surface area contributed by atoms with Crippen LogP contribution in [0.5, 0.6) is 0 Å². The van der Waals surface area contributed by atoms with E-state index in [-0.39, 0.29) is 0 Å². The van der Waals surface area contributed by atoms with Crippen LogP contribution in [-0.4, -0.2) is 84.4 Å². The summed E-state index contributed by atoms with van der Waals surface area (Å²) in [6.45, 7) is 19.8. The maximum Gasteiger partial charge on any atom is 0.528 e. The van der Waals surface area contributed by atoms with Crippen molar-refractivity contribution >= 4 is 17.6 Å². The Morgan fingerprint density at radius 2 is 0.931 bits per heavy atom. The van der Waals surface area contributed by atoms with Crippen LogP contribution in [0.25, 0.3) is 0 Å². The first-order valence-electron chi connectivity index (χ1n) is 9.71. The maximum absolute atomic E-state index is 5.63. The smallest absolute Gasteiger partial charge is 0.375 e. The lowest BCUT2D eigenvalue weighted by Crippen LogP contribution is -2.51. The fourth-order valence-corrected chi connectivity index (χ4v) is 5.41. The average Bonchev–Trinajstić information content (AvgIpc) is 2.66. The molecule has 29 heavy (non-hydrogen) atoms. The first-order valence-corrected chi connectivity index (χ1v) is 13.6. The van der Waals surface area contributed by atoms with E-state index >= 15 is 0 Å². The Balaban J connectivity index is 0. The zero-order valence-corrected chi connectivity index (χ0v) is 21.6. The summed E-state index contributed by atoms with van der Waals surface area (Å²) in [6.07, 6.45) is 0.735. The van der Waals surface area contributed by atoms with Crippen LogP contribution in [0.3, 0.4) is 0 Å². The van der Waals surface area contributed by atoms with Gasteiger partial charge in [0.15, 0.2) is 0 Å². The summed E-state index contributed by atoms with van der Waals surface area (Å²) in [4.78, 5) is 0. The Labute approximate surface area is 179 Å². The fourth-order valence-electron chi connectivity index (χ4n) is 2.04. The van der Waals surface area contributed by atoms with E-state index in [9.17, 15) is 0 Å². The van der Waals surface area contributed by atoms with Crippen molar-refractivity contribution in [2.45, 2.75) is 34.6 Å². The van der Waals surface area contributed by atoms with E-state index in [1.54, 1.807) is 21.3 Å². The van der Waals surface area contributed by atoms with Crippen molar-refractivity contribution in [2.24, 2.45) is 0 Å². The number of hydrogen-bond donors (Lipinski definition) is 0. The summed E-state index contributed by atoms with van der Waals surface area (Å²) in [5.74, 6) is 0. The molecule has 0 aromatic carbocycles. The molecule has 0 bridgehead atoms. The van der Waals surface area contributed by atoms with E-state index in [2.05, 4.69) is 13.2 Å². The zero-order chi connectivity index (χ0) is 22.8. The van der Waals surface area contributed by atoms with Gasteiger partial charge in [0.1, 0.15) is 12.5 Å². The quantitative estimate of drug-likeness (QED) is 0.245. The van der Waals surface area contributed by atoms with Crippen molar-refractivity contribution in [3.8, 4) is 0 Å². The minimum Gasteiger partial charge on any atom is -0.375 e. The summed E-state index contributed by atoms with van der Waals surface area (Å²) < 4.78 is 43.2. The van der Waals surface area contributed by atoms with Gasteiger partial charge in [-0.05, 0) is 34.6 Å². The molecule has 0 amide bonds. The molecule has 0 rings (SSSR count). The summed E-state index contributed by atoms with van der Waals surface area (Å²) in [5.41, 5.74) is 1.94. The summed E-state index contributed by atoms with van der Waals surface area (Å²) >= 11 is 0. The highest BCUT2D eigenvalue weighted by Gasteiger charge is 2.41. The van der Waals surface area contributed by atoms with Gasteiger partial charge in [-0.15, -0.1) is 0 Å². The topological polar surface area (TPSA) is 73.8 Å². The lowest BCUT2D eigenvalue weighted by molar-refractivity contribution is 0.0345. The van der Waals surface area contributed by atoms with Crippen LogP contribution in [0, 0.1) is 0 Å². The van der Waals surface area contributed by atoms with E-state index in [4.69, 9.17) is 36.0 Å². The van der Waals surface area contributed by atoms with Crippen LogP contribution in [0.15, 0.2) is 24.3 Å². The molecule has 0 atom stereocenters. The Bertz CT molecular complexity index is 405. The number of ether oxygens (including phenoxy) is 2. The molecule has 0 aliphatic rings. The third kappa shape index (κ3) is 15.1. The normalized spacial score (nSPS) is 11.7. The van der Waals surface area contributed by atoms with Gasteiger partial charge >= 0.3 is 17.6 Å². The molecule has 0 aromatic rings. The molecule has 10 heteroatoms. The molecule has 0 heterocycles.